The molecule has 1 amide bonds. The largest absolute Gasteiger partial charge is 0.324 e. The van der Waals surface area contributed by atoms with Crippen LogP contribution in [0.15, 0.2) is 59.4 Å². The SMILES string of the molecule is Cc1ccc(-c2ccc(=O)n(CC(=O)Nc3ccc(F)c(Cl)c3)n2)cc1. The Morgan fingerprint density at radius 3 is 2.58 bits per heavy atom. The summed E-state index contributed by atoms with van der Waals surface area (Å²) in [6.45, 7) is 1.71. The van der Waals surface area contributed by atoms with Crippen molar-refractivity contribution in [3.63, 3.8) is 0 Å². The molecule has 0 fully saturated rings. The Labute approximate surface area is 154 Å². The molecule has 0 atom stereocenters. The number of aromatic nitrogens is 2. The molecule has 3 rings (SSSR count). The normalized spacial score (nSPS) is 10.6. The van der Waals surface area contributed by atoms with Crippen molar-refractivity contribution in [1.82, 2.24) is 9.78 Å². The van der Waals surface area contributed by atoms with Crippen LogP contribution in [0.1, 0.15) is 5.56 Å². The minimum Gasteiger partial charge on any atom is -0.324 e. The number of nitrogens with zero attached hydrogens (tertiary/aromatic N) is 2. The van der Waals surface area contributed by atoms with E-state index in [0.29, 0.717) is 11.4 Å². The van der Waals surface area contributed by atoms with Crippen LogP contribution in [0.25, 0.3) is 11.3 Å². The second-order valence-electron chi connectivity index (χ2n) is 5.76. The Hall–Kier alpha value is -2.99. The van der Waals surface area contributed by atoms with Gasteiger partial charge in [-0.2, -0.15) is 5.10 Å². The first-order valence-electron chi connectivity index (χ1n) is 7.82. The lowest BCUT2D eigenvalue weighted by Crippen LogP contribution is -2.29. The third kappa shape index (κ3) is 4.15. The van der Waals surface area contributed by atoms with Gasteiger partial charge in [0.25, 0.3) is 5.56 Å². The Balaban J connectivity index is 1.79. The molecule has 0 aliphatic rings. The summed E-state index contributed by atoms with van der Waals surface area (Å²) in [5, 5.41) is 6.71. The maximum Gasteiger partial charge on any atom is 0.267 e. The fourth-order valence-electron chi connectivity index (χ4n) is 2.35. The van der Waals surface area contributed by atoms with Gasteiger partial charge in [0, 0.05) is 17.3 Å². The number of hydrogen-bond acceptors (Lipinski definition) is 3. The van der Waals surface area contributed by atoms with E-state index in [1.807, 2.05) is 31.2 Å². The molecule has 7 heteroatoms. The highest BCUT2D eigenvalue weighted by Gasteiger charge is 2.09. The molecular weight excluding hydrogens is 357 g/mol. The van der Waals surface area contributed by atoms with Crippen molar-refractivity contribution in [2.45, 2.75) is 13.5 Å². The molecule has 3 aromatic rings. The zero-order valence-electron chi connectivity index (χ0n) is 13.9. The van der Waals surface area contributed by atoms with Crippen LogP contribution in [0, 0.1) is 12.7 Å². The number of halogens is 2. The number of rotatable bonds is 4. The van der Waals surface area contributed by atoms with E-state index >= 15 is 0 Å². The van der Waals surface area contributed by atoms with Gasteiger partial charge in [-0.3, -0.25) is 9.59 Å². The maximum atomic E-state index is 13.2. The predicted molar refractivity (Wildman–Crippen MR) is 98.7 cm³/mol. The van der Waals surface area contributed by atoms with E-state index < -0.39 is 17.3 Å². The lowest BCUT2D eigenvalue weighted by Gasteiger charge is -2.09. The predicted octanol–water partition coefficient (Wildman–Crippen LogP) is 3.65. The summed E-state index contributed by atoms with van der Waals surface area (Å²) in [4.78, 5) is 24.2. The molecule has 132 valence electrons. The average molecular weight is 372 g/mol. The van der Waals surface area contributed by atoms with Crippen molar-refractivity contribution >= 4 is 23.2 Å². The highest BCUT2D eigenvalue weighted by molar-refractivity contribution is 6.31. The maximum absolute atomic E-state index is 13.2. The van der Waals surface area contributed by atoms with Crippen LogP contribution in [0.5, 0.6) is 0 Å². The van der Waals surface area contributed by atoms with Crippen LogP contribution < -0.4 is 10.9 Å². The molecule has 0 spiro atoms. The second kappa shape index (κ2) is 7.49. The van der Waals surface area contributed by atoms with Crippen molar-refractivity contribution in [1.29, 1.82) is 0 Å². The molecule has 1 N–H and O–H groups in total. The summed E-state index contributed by atoms with van der Waals surface area (Å²) in [7, 11) is 0. The summed E-state index contributed by atoms with van der Waals surface area (Å²) in [6, 6.07) is 14.5. The third-order valence-electron chi connectivity index (χ3n) is 3.71. The molecule has 0 aliphatic heterocycles. The zero-order valence-corrected chi connectivity index (χ0v) is 14.6. The van der Waals surface area contributed by atoms with Gasteiger partial charge < -0.3 is 5.32 Å². The summed E-state index contributed by atoms with van der Waals surface area (Å²) >= 11 is 5.69. The number of aryl methyl sites for hydroxylation is 1. The number of carbonyl (C=O) groups is 1. The molecule has 0 unspecified atom stereocenters. The lowest BCUT2D eigenvalue weighted by atomic mass is 10.1. The van der Waals surface area contributed by atoms with Gasteiger partial charge in [-0.1, -0.05) is 41.4 Å². The molecule has 0 saturated heterocycles. The van der Waals surface area contributed by atoms with Gasteiger partial charge in [0.05, 0.1) is 10.7 Å². The monoisotopic (exact) mass is 371 g/mol. The van der Waals surface area contributed by atoms with Crippen LogP contribution in [-0.2, 0) is 11.3 Å². The van der Waals surface area contributed by atoms with Gasteiger partial charge in [-0.15, -0.1) is 0 Å². The Kier molecular flexibility index (Phi) is 5.14. The number of hydrogen-bond donors (Lipinski definition) is 1. The number of anilines is 1. The van der Waals surface area contributed by atoms with E-state index in [1.165, 1.54) is 18.2 Å². The number of amides is 1. The van der Waals surface area contributed by atoms with Crippen molar-refractivity contribution < 1.29 is 9.18 Å². The fraction of sp³-hybridized carbons (Fsp3) is 0.105. The Morgan fingerprint density at radius 2 is 1.88 bits per heavy atom. The van der Waals surface area contributed by atoms with Crippen molar-refractivity contribution in [2.75, 3.05) is 5.32 Å². The Morgan fingerprint density at radius 1 is 1.15 bits per heavy atom. The fourth-order valence-corrected chi connectivity index (χ4v) is 2.53. The molecule has 0 radical (unpaired) electrons. The quantitative estimate of drug-likeness (QED) is 0.761. The van der Waals surface area contributed by atoms with Gasteiger partial charge in [-0.25, -0.2) is 9.07 Å². The first-order valence-corrected chi connectivity index (χ1v) is 8.20. The number of nitrogens with one attached hydrogen (secondary N) is 1. The van der Waals surface area contributed by atoms with Gasteiger partial charge >= 0.3 is 0 Å². The topological polar surface area (TPSA) is 64.0 Å². The van der Waals surface area contributed by atoms with Crippen LogP contribution >= 0.6 is 11.6 Å². The van der Waals surface area contributed by atoms with E-state index in [-0.39, 0.29) is 11.6 Å². The van der Waals surface area contributed by atoms with Crippen molar-refractivity contribution in [2.24, 2.45) is 0 Å². The molecule has 26 heavy (non-hydrogen) atoms. The van der Waals surface area contributed by atoms with Crippen LogP contribution in [-0.4, -0.2) is 15.7 Å². The van der Waals surface area contributed by atoms with Gasteiger partial charge in [0.2, 0.25) is 5.91 Å². The molecule has 0 saturated carbocycles. The Bertz CT molecular complexity index is 1020. The molecule has 2 aromatic carbocycles. The number of carbonyl (C=O) groups excluding carboxylic acids is 1. The zero-order chi connectivity index (χ0) is 18.7. The highest BCUT2D eigenvalue weighted by atomic mass is 35.5. The van der Waals surface area contributed by atoms with Crippen LogP contribution in [0.2, 0.25) is 5.02 Å². The van der Waals surface area contributed by atoms with Gasteiger partial charge in [0.15, 0.2) is 0 Å². The molecule has 1 aromatic heterocycles. The molecule has 1 heterocycles. The summed E-state index contributed by atoms with van der Waals surface area (Å²) < 4.78 is 14.2. The van der Waals surface area contributed by atoms with Crippen LogP contribution in [0.3, 0.4) is 0 Å². The summed E-state index contributed by atoms with van der Waals surface area (Å²) in [5.74, 6) is -1.04. The van der Waals surface area contributed by atoms with E-state index in [1.54, 1.807) is 6.07 Å². The van der Waals surface area contributed by atoms with E-state index in [4.69, 9.17) is 11.6 Å². The molecule has 5 nitrogen and oxygen atoms in total. The summed E-state index contributed by atoms with van der Waals surface area (Å²) in [5.41, 5.74) is 2.48. The first kappa shape index (κ1) is 17.8. The number of benzene rings is 2. The molecular formula is C19H15ClFN3O2. The van der Waals surface area contributed by atoms with Crippen LogP contribution in [0.4, 0.5) is 10.1 Å². The average Bonchev–Trinajstić information content (AvgIpc) is 2.61. The lowest BCUT2D eigenvalue weighted by molar-refractivity contribution is -0.117. The third-order valence-corrected chi connectivity index (χ3v) is 4.00. The smallest absolute Gasteiger partial charge is 0.267 e. The van der Waals surface area contributed by atoms with E-state index in [2.05, 4.69) is 10.4 Å². The van der Waals surface area contributed by atoms with Gasteiger partial charge in [-0.05, 0) is 31.2 Å². The summed E-state index contributed by atoms with van der Waals surface area (Å²) in [6.07, 6.45) is 0. The molecule has 0 bridgehead atoms. The minimum atomic E-state index is -0.576. The van der Waals surface area contributed by atoms with Crippen molar-refractivity contribution in [3.05, 3.63) is 81.4 Å². The molecule has 0 aliphatic carbocycles. The van der Waals surface area contributed by atoms with E-state index in [0.717, 1.165) is 21.9 Å². The van der Waals surface area contributed by atoms with E-state index in [9.17, 15) is 14.0 Å². The van der Waals surface area contributed by atoms with Gasteiger partial charge in [0.1, 0.15) is 12.4 Å². The standard InChI is InChI=1S/C19H15ClFN3O2/c1-12-2-4-13(5-3-12)17-8-9-19(26)24(23-17)11-18(25)22-14-6-7-16(21)15(20)10-14/h2-10H,11H2,1H3,(H,22,25). The van der Waals surface area contributed by atoms with Crippen molar-refractivity contribution in [3.8, 4) is 11.3 Å². The minimum absolute atomic E-state index is 0.0977. The highest BCUT2D eigenvalue weighted by Crippen LogP contribution is 2.19. The second-order valence-corrected chi connectivity index (χ2v) is 6.16. The first-order chi connectivity index (χ1) is 12.4.